The number of rotatable bonds is 5. The highest BCUT2D eigenvalue weighted by Gasteiger charge is 2.41. The molecule has 0 aliphatic carbocycles. The van der Waals surface area contributed by atoms with Crippen molar-refractivity contribution in [2.75, 3.05) is 36.0 Å². The molecule has 2 saturated heterocycles. The lowest BCUT2D eigenvalue weighted by atomic mass is 10.2. The monoisotopic (exact) mass is 410 g/mol. The largest absolute Gasteiger partial charge is 0.441 e. The Bertz CT molecular complexity index is 737. The summed E-state index contributed by atoms with van der Waals surface area (Å²) in [5.74, 6) is -0.370. The fourth-order valence-electron chi connectivity index (χ4n) is 3.38. The van der Waals surface area contributed by atoms with E-state index in [-0.39, 0.29) is 30.1 Å². The van der Waals surface area contributed by atoms with Gasteiger partial charge in [0.15, 0.2) is 8.32 Å². The number of carbonyl (C=O) groups excluding carboxylic acids is 1. The van der Waals surface area contributed by atoms with Gasteiger partial charge in [0.1, 0.15) is 11.9 Å². The second-order valence-electron chi connectivity index (χ2n) is 9.17. The summed E-state index contributed by atoms with van der Waals surface area (Å²) in [6.07, 6.45) is -0.138. The first kappa shape index (κ1) is 21.1. The van der Waals surface area contributed by atoms with Gasteiger partial charge in [0.25, 0.3) is 0 Å². The molecule has 1 aromatic rings. The first-order valence-corrected chi connectivity index (χ1v) is 12.7. The maximum atomic E-state index is 14.8. The number of benzene rings is 1. The molecule has 0 spiro atoms. The van der Waals surface area contributed by atoms with Gasteiger partial charge in [-0.05, 0) is 42.8 Å². The molecule has 0 aromatic heterocycles. The Hall–Kier alpha value is -1.64. The van der Waals surface area contributed by atoms with Crippen molar-refractivity contribution in [1.82, 2.24) is 0 Å². The van der Waals surface area contributed by atoms with E-state index in [1.807, 2.05) is 4.90 Å². The highest BCUT2D eigenvalue weighted by atomic mass is 28.4. The Morgan fingerprint density at radius 3 is 2.61 bits per heavy atom. The smallest absolute Gasteiger partial charge is 0.414 e. The van der Waals surface area contributed by atoms with Gasteiger partial charge < -0.3 is 19.2 Å². The number of nitrogens with zero attached hydrogens (tertiary/aromatic N) is 2. The fourth-order valence-corrected chi connectivity index (χ4v) is 4.76. The number of anilines is 2. The molecule has 1 unspecified atom stereocenters. The number of aliphatic hydroxyl groups excluding tert-OH is 1. The van der Waals surface area contributed by atoms with Gasteiger partial charge in [-0.1, -0.05) is 20.8 Å². The first-order chi connectivity index (χ1) is 13.0. The number of halogens is 1. The van der Waals surface area contributed by atoms with Crippen LogP contribution < -0.4 is 9.80 Å². The van der Waals surface area contributed by atoms with Gasteiger partial charge in [-0.25, -0.2) is 9.18 Å². The highest BCUT2D eigenvalue weighted by molar-refractivity contribution is 6.74. The fraction of sp³-hybridized carbons (Fsp3) is 0.650. The molecule has 8 heteroatoms. The van der Waals surface area contributed by atoms with Crippen molar-refractivity contribution in [3.05, 3.63) is 24.0 Å². The molecule has 2 heterocycles. The maximum absolute atomic E-state index is 14.8. The third-order valence-corrected chi connectivity index (χ3v) is 10.6. The molecule has 0 radical (unpaired) electrons. The van der Waals surface area contributed by atoms with Crippen molar-refractivity contribution in [1.29, 1.82) is 0 Å². The SMILES string of the molecule is CC(C)(C)[Si](C)(C)O[C@H]1CCN(c2ccc(N3CC(CO)OC3=O)cc2F)C1. The zero-order valence-electron chi connectivity index (χ0n) is 17.4. The van der Waals surface area contributed by atoms with E-state index >= 15 is 0 Å². The van der Waals surface area contributed by atoms with E-state index < -0.39 is 20.5 Å². The van der Waals surface area contributed by atoms with Gasteiger partial charge in [-0.3, -0.25) is 4.90 Å². The molecule has 2 aliphatic heterocycles. The van der Waals surface area contributed by atoms with Gasteiger partial charge in [0.05, 0.1) is 30.6 Å². The normalized spacial score (nSPS) is 23.5. The Morgan fingerprint density at radius 1 is 1.32 bits per heavy atom. The molecule has 3 rings (SSSR count). The summed E-state index contributed by atoms with van der Waals surface area (Å²) in [4.78, 5) is 15.3. The molecule has 2 aliphatic rings. The Balaban J connectivity index is 1.68. The number of ether oxygens (including phenoxy) is 1. The van der Waals surface area contributed by atoms with Crippen LogP contribution in [0.15, 0.2) is 18.2 Å². The molecule has 6 nitrogen and oxygen atoms in total. The summed E-state index contributed by atoms with van der Waals surface area (Å²) < 4.78 is 26.3. The average Bonchev–Trinajstić information content (AvgIpc) is 3.19. The molecule has 2 atom stereocenters. The predicted molar refractivity (Wildman–Crippen MR) is 110 cm³/mol. The summed E-state index contributed by atoms with van der Waals surface area (Å²) in [5, 5.41) is 9.30. The van der Waals surface area contributed by atoms with Crippen LogP contribution in [-0.2, 0) is 9.16 Å². The minimum absolute atomic E-state index is 0.110. The van der Waals surface area contributed by atoms with Crippen LogP contribution in [-0.4, -0.2) is 58.0 Å². The highest BCUT2D eigenvalue weighted by Crippen LogP contribution is 2.39. The van der Waals surface area contributed by atoms with E-state index in [2.05, 4.69) is 33.9 Å². The van der Waals surface area contributed by atoms with Crippen molar-refractivity contribution in [3.8, 4) is 0 Å². The minimum Gasteiger partial charge on any atom is -0.441 e. The van der Waals surface area contributed by atoms with Crippen molar-refractivity contribution in [2.45, 2.75) is 57.5 Å². The topological polar surface area (TPSA) is 62.2 Å². The summed E-state index contributed by atoms with van der Waals surface area (Å²) >= 11 is 0. The number of aliphatic hydroxyl groups is 1. The Morgan fingerprint density at radius 2 is 2.04 bits per heavy atom. The predicted octanol–water partition coefficient (Wildman–Crippen LogP) is 3.74. The van der Waals surface area contributed by atoms with Crippen LogP contribution in [0.3, 0.4) is 0 Å². The van der Waals surface area contributed by atoms with Crippen LogP contribution in [0.2, 0.25) is 18.1 Å². The Labute approximate surface area is 167 Å². The van der Waals surface area contributed by atoms with Crippen LogP contribution in [0.5, 0.6) is 0 Å². The molecule has 1 amide bonds. The van der Waals surface area contributed by atoms with Crippen LogP contribution >= 0.6 is 0 Å². The number of cyclic esters (lactones) is 1. The lowest BCUT2D eigenvalue weighted by molar-refractivity contribution is 0.0963. The minimum atomic E-state index is -1.86. The molecular weight excluding hydrogens is 379 g/mol. The van der Waals surface area contributed by atoms with E-state index in [9.17, 15) is 9.18 Å². The van der Waals surface area contributed by atoms with Crippen LogP contribution in [0, 0.1) is 5.82 Å². The van der Waals surface area contributed by atoms with Gasteiger partial charge in [0, 0.05) is 13.1 Å². The van der Waals surface area contributed by atoms with E-state index in [0.717, 1.165) is 13.0 Å². The van der Waals surface area contributed by atoms with Crippen LogP contribution in [0.1, 0.15) is 27.2 Å². The molecule has 28 heavy (non-hydrogen) atoms. The van der Waals surface area contributed by atoms with Crippen LogP contribution in [0.25, 0.3) is 0 Å². The van der Waals surface area contributed by atoms with Crippen LogP contribution in [0.4, 0.5) is 20.6 Å². The molecule has 0 saturated carbocycles. The molecular formula is C20H31FN2O4Si. The quantitative estimate of drug-likeness (QED) is 0.749. The number of hydrogen-bond donors (Lipinski definition) is 1. The second-order valence-corrected chi connectivity index (χ2v) is 13.9. The summed E-state index contributed by atoms with van der Waals surface area (Å²) in [6.45, 7) is 12.5. The van der Waals surface area contributed by atoms with Gasteiger partial charge in [-0.15, -0.1) is 0 Å². The summed E-state index contributed by atoms with van der Waals surface area (Å²) in [5.41, 5.74) is 0.965. The Kier molecular flexibility index (Phi) is 5.75. The van der Waals surface area contributed by atoms with Crippen molar-refractivity contribution >= 4 is 25.8 Å². The molecule has 156 valence electrons. The van der Waals surface area contributed by atoms with Crippen molar-refractivity contribution < 1.29 is 23.5 Å². The van der Waals surface area contributed by atoms with E-state index in [1.54, 1.807) is 12.1 Å². The van der Waals surface area contributed by atoms with E-state index in [4.69, 9.17) is 14.3 Å². The number of amides is 1. The van der Waals surface area contributed by atoms with Gasteiger partial charge >= 0.3 is 6.09 Å². The summed E-state index contributed by atoms with van der Waals surface area (Å²) in [6, 6.07) is 4.79. The van der Waals surface area contributed by atoms with E-state index in [0.29, 0.717) is 17.9 Å². The standard InChI is InChI=1S/C20H31FN2O4Si/c1-20(2,3)28(4,5)27-15-8-9-22(11-15)18-7-6-14(10-17(18)21)23-12-16(13-24)26-19(23)25/h6-7,10,15-16,24H,8-9,11-13H2,1-5H3/t15-,16?/m0/s1. The summed E-state index contributed by atoms with van der Waals surface area (Å²) in [7, 11) is -1.86. The van der Waals surface area contributed by atoms with Gasteiger partial charge in [-0.2, -0.15) is 0 Å². The second kappa shape index (κ2) is 7.65. The molecule has 1 aromatic carbocycles. The average molecular weight is 411 g/mol. The maximum Gasteiger partial charge on any atom is 0.414 e. The molecule has 2 fully saturated rings. The van der Waals surface area contributed by atoms with E-state index in [1.165, 1.54) is 11.0 Å². The zero-order valence-corrected chi connectivity index (χ0v) is 18.4. The third kappa shape index (κ3) is 4.18. The zero-order chi connectivity index (χ0) is 20.7. The molecule has 0 bridgehead atoms. The third-order valence-electron chi connectivity index (χ3n) is 6.07. The first-order valence-electron chi connectivity index (χ1n) is 9.83. The van der Waals surface area contributed by atoms with Gasteiger partial charge in [0.2, 0.25) is 0 Å². The number of hydrogen-bond acceptors (Lipinski definition) is 5. The van der Waals surface area contributed by atoms with Crippen molar-refractivity contribution in [3.63, 3.8) is 0 Å². The van der Waals surface area contributed by atoms with Crippen molar-refractivity contribution in [2.24, 2.45) is 0 Å². The lowest BCUT2D eigenvalue weighted by Gasteiger charge is -2.38. The molecule has 1 N–H and O–H groups in total. The number of carbonyl (C=O) groups is 1. The lowest BCUT2D eigenvalue weighted by Crippen LogP contribution is -2.44.